The molecule has 0 bridgehead atoms. The van der Waals surface area contributed by atoms with Crippen LogP contribution in [0.4, 0.5) is 8.78 Å². The van der Waals surface area contributed by atoms with Gasteiger partial charge in [0.1, 0.15) is 0 Å². The van der Waals surface area contributed by atoms with Crippen molar-refractivity contribution < 1.29 is 17.8 Å². The first-order valence-corrected chi connectivity index (χ1v) is 4.02. The monoisotopic (exact) mass is 182 g/mol. The van der Waals surface area contributed by atoms with Crippen LogP contribution in [0.15, 0.2) is 0 Å². The lowest BCUT2D eigenvalue weighted by atomic mass is 9.94. The number of alkyl halides is 2. The maximum atomic E-state index is 12.2. The van der Waals surface area contributed by atoms with Crippen molar-refractivity contribution in [1.82, 2.24) is 0 Å². The normalized spacial score (nSPS) is 22.5. The summed E-state index contributed by atoms with van der Waals surface area (Å²) >= 11 is 0.844. The van der Waals surface area contributed by atoms with E-state index in [9.17, 15) is 13.6 Å². The zero-order chi connectivity index (χ0) is 8.48. The van der Waals surface area contributed by atoms with Crippen LogP contribution >= 0.6 is 12.0 Å². The first kappa shape index (κ1) is 8.77. The molecule has 11 heavy (non-hydrogen) atoms. The highest BCUT2D eigenvalue weighted by Crippen LogP contribution is 2.44. The molecule has 1 aliphatic carbocycles. The van der Waals surface area contributed by atoms with Crippen molar-refractivity contribution in [3.05, 3.63) is 0 Å². The molecule has 0 aromatic carbocycles. The fourth-order valence-electron chi connectivity index (χ4n) is 0.810. The van der Waals surface area contributed by atoms with Gasteiger partial charge in [0.25, 0.3) is 5.92 Å². The van der Waals surface area contributed by atoms with E-state index < -0.39 is 11.9 Å². The Hall–Kier alpha value is -0.320. The van der Waals surface area contributed by atoms with E-state index in [-0.39, 0.29) is 18.1 Å². The van der Waals surface area contributed by atoms with Crippen molar-refractivity contribution in [2.45, 2.75) is 30.9 Å². The molecule has 0 N–H and O–H groups in total. The van der Waals surface area contributed by atoms with E-state index in [1.807, 2.05) is 0 Å². The van der Waals surface area contributed by atoms with Crippen LogP contribution in [-0.2, 0) is 8.98 Å². The topological polar surface area (TPSA) is 26.3 Å². The third-order valence-electron chi connectivity index (χ3n) is 1.35. The van der Waals surface area contributed by atoms with Crippen molar-refractivity contribution in [1.29, 1.82) is 0 Å². The molecule has 1 rings (SSSR count). The summed E-state index contributed by atoms with van der Waals surface area (Å²) in [7, 11) is 0. The number of carbonyl (C=O) groups is 1. The minimum absolute atomic E-state index is 0.176. The van der Waals surface area contributed by atoms with Gasteiger partial charge in [-0.15, -0.1) is 0 Å². The highest BCUT2D eigenvalue weighted by atomic mass is 32.2. The molecule has 0 atom stereocenters. The fraction of sp³-hybridized carbons (Fsp3) is 0.833. The molecule has 1 saturated carbocycles. The second kappa shape index (κ2) is 2.97. The fourth-order valence-corrected chi connectivity index (χ4v) is 1.71. The minimum atomic E-state index is -2.53. The Morgan fingerprint density at radius 3 is 2.55 bits per heavy atom. The number of hydrogen-bond acceptors (Lipinski definition) is 3. The van der Waals surface area contributed by atoms with Crippen LogP contribution < -0.4 is 0 Å². The smallest absolute Gasteiger partial charge is 0.314 e. The summed E-state index contributed by atoms with van der Waals surface area (Å²) < 4.78 is 28.8. The predicted octanol–water partition coefficient (Wildman–Crippen LogP) is 2.00. The summed E-state index contributed by atoms with van der Waals surface area (Å²) in [6.45, 7) is 1.25. The van der Waals surface area contributed by atoms with E-state index in [1.54, 1.807) is 0 Å². The summed E-state index contributed by atoms with van der Waals surface area (Å²) in [5.41, 5.74) is 0. The summed E-state index contributed by atoms with van der Waals surface area (Å²) in [5, 5.41) is -0.214. The Morgan fingerprint density at radius 2 is 2.18 bits per heavy atom. The van der Waals surface area contributed by atoms with Crippen LogP contribution in [0, 0.1) is 0 Å². The Morgan fingerprint density at radius 1 is 1.64 bits per heavy atom. The lowest BCUT2D eigenvalue weighted by molar-refractivity contribution is -0.131. The van der Waals surface area contributed by atoms with E-state index in [4.69, 9.17) is 0 Å². The van der Waals surface area contributed by atoms with Crippen LogP contribution in [0.25, 0.3) is 0 Å². The predicted molar refractivity (Wildman–Crippen MR) is 37.3 cm³/mol. The van der Waals surface area contributed by atoms with E-state index in [0.717, 1.165) is 12.0 Å². The van der Waals surface area contributed by atoms with Crippen molar-refractivity contribution >= 4 is 18.0 Å². The van der Waals surface area contributed by atoms with E-state index in [0.29, 0.717) is 0 Å². The summed E-state index contributed by atoms with van der Waals surface area (Å²) in [6, 6.07) is 0. The van der Waals surface area contributed by atoms with E-state index >= 15 is 0 Å². The molecule has 0 unspecified atom stereocenters. The van der Waals surface area contributed by atoms with Crippen molar-refractivity contribution in [2.24, 2.45) is 0 Å². The molecule has 0 heterocycles. The minimum Gasteiger partial charge on any atom is -0.391 e. The molecule has 2 nitrogen and oxygen atoms in total. The van der Waals surface area contributed by atoms with Gasteiger partial charge >= 0.3 is 5.97 Å². The van der Waals surface area contributed by atoms with Gasteiger partial charge in [0, 0.05) is 19.8 Å². The summed E-state index contributed by atoms with van der Waals surface area (Å²) in [5.74, 6) is -2.97. The highest BCUT2D eigenvalue weighted by molar-refractivity contribution is 7.95. The lowest BCUT2D eigenvalue weighted by Gasteiger charge is -2.32. The van der Waals surface area contributed by atoms with Crippen molar-refractivity contribution in [3.8, 4) is 0 Å². The van der Waals surface area contributed by atoms with Crippen LogP contribution in [-0.4, -0.2) is 17.1 Å². The second-order valence-electron chi connectivity index (χ2n) is 2.56. The van der Waals surface area contributed by atoms with Crippen LogP contribution in [0.2, 0.25) is 0 Å². The van der Waals surface area contributed by atoms with Crippen molar-refractivity contribution in [3.63, 3.8) is 0 Å². The molecule has 0 radical (unpaired) electrons. The average Bonchev–Trinajstić information content (AvgIpc) is 1.78. The van der Waals surface area contributed by atoms with Crippen LogP contribution in [0.3, 0.4) is 0 Å². The van der Waals surface area contributed by atoms with Crippen molar-refractivity contribution in [2.75, 3.05) is 0 Å². The number of hydrogen-bond donors (Lipinski definition) is 0. The van der Waals surface area contributed by atoms with Gasteiger partial charge in [0.15, 0.2) is 0 Å². The Kier molecular flexibility index (Phi) is 2.37. The maximum absolute atomic E-state index is 12.2. The van der Waals surface area contributed by atoms with Gasteiger partial charge in [-0.05, 0) is 0 Å². The molecule has 1 fully saturated rings. The third kappa shape index (κ3) is 2.65. The molecular weight excluding hydrogens is 174 g/mol. The molecule has 0 aliphatic heterocycles. The second-order valence-corrected chi connectivity index (χ2v) is 3.58. The molecule has 0 amide bonds. The zero-order valence-electron chi connectivity index (χ0n) is 5.97. The number of halogens is 2. The lowest BCUT2D eigenvalue weighted by Crippen LogP contribution is -2.37. The molecule has 5 heteroatoms. The van der Waals surface area contributed by atoms with Gasteiger partial charge in [-0.3, -0.25) is 4.79 Å². The van der Waals surface area contributed by atoms with Gasteiger partial charge in [-0.2, -0.15) is 0 Å². The first-order valence-electron chi connectivity index (χ1n) is 3.21. The molecule has 0 saturated heterocycles. The van der Waals surface area contributed by atoms with Crippen LogP contribution in [0.1, 0.15) is 19.8 Å². The van der Waals surface area contributed by atoms with Gasteiger partial charge in [0.2, 0.25) is 0 Å². The number of carbonyl (C=O) groups excluding carboxylic acids is 1. The number of rotatable bonds is 2. The summed E-state index contributed by atoms with van der Waals surface area (Å²) in [4.78, 5) is 10.2. The first-order chi connectivity index (χ1) is 4.99. The standard InChI is InChI=1S/C6H8F2O2S/c1-4(9)10-11-5-2-6(7,8)3-5/h5H,2-3H2,1H3. The van der Waals surface area contributed by atoms with E-state index in [2.05, 4.69) is 4.18 Å². The van der Waals surface area contributed by atoms with Crippen LogP contribution in [0.5, 0.6) is 0 Å². The highest BCUT2D eigenvalue weighted by Gasteiger charge is 2.46. The zero-order valence-corrected chi connectivity index (χ0v) is 6.79. The molecular formula is C6H8F2O2S. The molecule has 0 spiro atoms. The van der Waals surface area contributed by atoms with Gasteiger partial charge < -0.3 is 4.18 Å². The van der Waals surface area contributed by atoms with E-state index in [1.165, 1.54) is 6.92 Å². The Labute approximate surface area is 67.5 Å². The Balaban J connectivity index is 2.09. The largest absolute Gasteiger partial charge is 0.391 e. The average molecular weight is 182 g/mol. The maximum Gasteiger partial charge on any atom is 0.314 e. The third-order valence-corrected chi connectivity index (χ3v) is 2.29. The van der Waals surface area contributed by atoms with Gasteiger partial charge in [-0.25, -0.2) is 8.78 Å². The SMILES string of the molecule is CC(=O)OSC1CC(F)(F)C1. The Bertz CT molecular complexity index is 164. The quantitative estimate of drug-likeness (QED) is 0.611. The molecule has 0 aromatic rings. The molecule has 64 valence electrons. The molecule has 0 aromatic heterocycles. The van der Waals surface area contributed by atoms with Gasteiger partial charge in [0.05, 0.1) is 17.3 Å². The van der Waals surface area contributed by atoms with Gasteiger partial charge in [-0.1, -0.05) is 0 Å². The molecule has 1 aliphatic rings. The summed E-state index contributed by atoms with van der Waals surface area (Å²) in [6.07, 6.45) is -0.351.